The molecule has 1 saturated carbocycles. The van der Waals surface area contributed by atoms with Gasteiger partial charge in [-0.05, 0) is 18.3 Å². The molecule has 3 nitrogen and oxygen atoms in total. The first-order valence-corrected chi connectivity index (χ1v) is 6.54. The minimum Gasteiger partial charge on any atom is -0.326 e. The van der Waals surface area contributed by atoms with Gasteiger partial charge < -0.3 is 5.73 Å². The second kappa shape index (κ2) is 3.79. The van der Waals surface area contributed by atoms with E-state index in [1.807, 2.05) is 0 Å². The lowest BCUT2D eigenvalue weighted by Crippen LogP contribution is -2.38. The molecule has 1 fully saturated rings. The van der Waals surface area contributed by atoms with Crippen molar-refractivity contribution >= 4 is 23.1 Å². The molecule has 0 saturated heterocycles. The van der Waals surface area contributed by atoms with Crippen molar-refractivity contribution in [2.75, 3.05) is 0 Å². The lowest BCUT2D eigenvalue weighted by atomic mass is 9.88. The zero-order valence-corrected chi connectivity index (χ0v) is 10.1. The smallest absolute Gasteiger partial charge is 0.174 e. The third-order valence-electron chi connectivity index (χ3n) is 2.97. The van der Waals surface area contributed by atoms with Crippen LogP contribution in [0.3, 0.4) is 0 Å². The highest BCUT2D eigenvalue weighted by molar-refractivity contribution is 8.01. The van der Waals surface area contributed by atoms with Gasteiger partial charge in [-0.1, -0.05) is 36.9 Å². The maximum Gasteiger partial charge on any atom is 0.174 e. The van der Waals surface area contributed by atoms with Crippen LogP contribution in [0.5, 0.6) is 0 Å². The van der Waals surface area contributed by atoms with Crippen molar-refractivity contribution < 1.29 is 0 Å². The Morgan fingerprint density at radius 3 is 2.93 bits per heavy atom. The van der Waals surface area contributed by atoms with Crippen LogP contribution in [0.25, 0.3) is 0 Å². The molecule has 1 aliphatic carbocycles. The van der Waals surface area contributed by atoms with E-state index < -0.39 is 0 Å². The van der Waals surface area contributed by atoms with Crippen LogP contribution in [0.4, 0.5) is 0 Å². The van der Waals surface area contributed by atoms with Gasteiger partial charge in [0, 0.05) is 11.3 Å². The molecule has 1 aromatic heterocycles. The van der Waals surface area contributed by atoms with Gasteiger partial charge in [-0.2, -0.15) is 0 Å². The first-order chi connectivity index (χ1) is 6.59. The number of hydrogen-bond donors (Lipinski definition) is 1. The van der Waals surface area contributed by atoms with Gasteiger partial charge in [0.05, 0.1) is 0 Å². The third-order valence-corrected chi connectivity index (χ3v) is 5.14. The molecule has 2 rings (SSSR count). The average Bonchev–Trinajstić information content (AvgIpc) is 2.70. The molecule has 1 aliphatic rings. The average molecular weight is 229 g/mol. The fourth-order valence-electron chi connectivity index (χ4n) is 1.84. The lowest BCUT2D eigenvalue weighted by molar-refractivity contribution is 0.334. The molecular formula is C9H15N3S2. The van der Waals surface area contributed by atoms with E-state index in [0.717, 1.165) is 4.34 Å². The second-order valence-corrected chi connectivity index (χ2v) is 6.73. The zero-order valence-electron chi connectivity index (χ0n) is 8.43. The van der Waals surface area contributed by atoms with Gasteiger partial charge in [-0.25, -0.2) is 0 Å². The van der Waals surface area contributed by atoms with Gasteiger partial charge in [0.1, 0.15) is 5.51 Å². The van der Waals surface area contributed by atoms with Gasteiger partial charge in [-0.15, -0.1) is 10.2 Å². The molecule has 78 valence electrons. The molecule has 0 spiro atoms. The van der Waals surface area contributed by atoms with Gasteiger partial charge in [0.2, 0.25) is 0 Å². The highest BCUT2D eigenvalue weighted by Crippen LogP contribution is 2.43. The normalized spacial score (nSPS) is 30.8. The van der Waals surface area contributed by atoms with Gasteiger partial charge in [0.15, 0.2) is 4.34 Å². The molecule has 5 heteroatoms. The first kappa shape index (κ1) is 10.4. The van der Waals surface area contributed by atoms with E-state index in [1.165, 1.54) is 12.8 Å². The number of nitrogens with zero attached hydrogens (tertiary/aromatic N) is 2. The van der Waals surface area contributed by atoms with E-state index >= 15 is 0 Å². The monoisotopic (exact) mass is 229 g/mol. The van der Waals surface area contributed by atoms with E-state index in [1.54, 1.807) is 28.6 Å². The Bertz CT molecular complexity index is 297. The Hall–Kier alpha value is -0.130. The maximum absolute atomic E-state index is 6.21. The maximum atomic E-state index is 6.21. The van der Waals surface area contributed by atoms with Crippen molar-refractivity contribution in [1.29, 1.82) is 0 Å². The SMILES string of the molecule is CC1(C)CCC(Sc2nncs2)C1N. The highest BCUT2D eigenvalue weighted by atomic mass is 32.2. The minimum atomic E-state index is 0.274. The van der Waals surface area contributed by atoms with Crippen LogP contribution in [0.1, 0.15) is 26.7 Å². The third kappa shape index (κ3) is 1.94. The Morgan fingerprint density at radius 1 is 1.64 bits per heavy atom. The molecular weight excluding hydrogens is 214 g/mol. The summed E-state index contributed by atoms with van der Waals surface area (Å²) in [5.41, 5.74) is 8.26. The highest BCUT2D eigenvalue weighted by Gasteiger charge is 2.40. The van der Waals surface area contributed by atoms with Crippen LogP contribution in [0.2, 0.25) is 0 Å². The molecule has 1 heterocycles. The summed E-state index contributed by atoms with van der Waals surface area (Å²) in [4.78, 5) is 0. The van der Waals surface area contributed by atoms with Crippen LogP contribution in [0, 0.1) is 5.41 Å². The standard InChI is InChI=1S/C9H15N3S2/c1-9(2)4-3-6(7(9)10)14-8-12-11-5-13-8/h5-7H,3-4,10H2,1-2H3. The first-order valence-electron chi connectivity index (χ1n) is 4.78. The van der Waals surface area contributed by atoms with Gasteiger partial charge in [0.25, 0.3) is 0 Å². The van der Waals surface area contributed by atoms with Crippen LogP contribution in [-0.2, 0) is 0 Å². The van der Waals surface area contributed by atoms with Gasteiger partial charge >= 0.3 is 0 Å². The number of thioether (sulfide) groups is 1. The molecule has 0 radical (unpaired) electrons. The molecule has 0 bridgehead atoms. The molecule has 2 unspecified atom stereocenters. The Kier molecular flexibility index (Phi) is 2.81. The summed E-state index contributed by atoms with van der Waals surface area (Å²) in [5, 5.41) is 8.38. The summed E-state index contributed by atoms with van der Waals surface area (Å²) in [5.74, 6) is 0. The van der Waals surface area contributed by atoms with E-state index in [-0.39, 0.29) is 11.5 Å². The van der Waals surface area contributed by atoms with Crippen molar-refractivity contribution in [3.8, 4) is 0 Å². The van der Waals surface area contributed by atoms with Gasteiger partial charge in [-0.3, -0.25) is 0 Å². The number of rotatable bonds is 2. The predicted octanol–water partition coefficient (Wildman–Crippen LogP) is 2.15. The predicted molar refractivity (Wildman–Crippen MR) is 60.5 cm³/mol. The topological polar surface area (TPSA) is 51.8 Å². The quantitative estimate of drug-likeness (QED) is 0.844. The summed E-state index contributed by atoms with van der Waals surface area (Å²) in [7, 11) is 0. The summed E-state index contributed by atoms with van der Waals surface area (Å²) in [6.07, 6.45) is 2.41. The Labute approximate surface area is 92.5 Å². The number of hydrogen-bond acceptors (Lipinski definition) is 5. The van der Waals surface area contributed by atoms with E-state index in [0.29, 0.717) is 5.25 Å². The van der Waals surface area contributed by atoms with E-state index in [4.69, 9.17) is 5.73 Å². The Balaban J connectivity index is 2.01. The van der Waals surface area contributed by atoms with Crippen LogP contribution in [0.15, 0.2) is 9.85 Å². The largest absolute Gasteiger partial charge is 0.326 e. The fourth-order valence-corrected chi connectivity index (χ4v) is 3.94. The van der Waals surface area contributed by atoms with E-state index in [9.17, 15) is 0 Å². The molecule has 0 aromatic carbocycles. The Morgan fingerprint density at radius 2 is 2.43 bits per heavy atom. The van der Waals surface area contributed by atoms with Crippen molar-refractivity contribution in [2.24, 2.45) is 11.1 Å². The molecule has 1 aromatic rings. The zero-order chi connectivity index (χ0) is 10.2. The molecule has 14 heavy (non-hydrogen) atoms. The molecule has 2 atom stereocenters. The fraction of sp³-hybridized carbons (Fsp3) is 0.778. The molecule has 0 amide bonds. The summed E-state index contributed by atoms with van der Waals surface area (Å²) in [6, 6.07) is 0.274. The summed E-state index contributed by atoms with van der Waals surface area (Å²) >= 11 is 3.39. The van der Waals surface area contributed by atoms with Crippen LogP contribution in [-0.4, -0.2) is 21.5 Å². The van der Waals surface area contributed by atoms with Crippen molar-refractivity contribution in [2.45, 2.75) is 42.3 Å². The van der Waals surface area contributed by atoms with Crippen molar-refractivity contribution in [1.82, 2.24) is 10.2 Å². The summed E-state index contributed by atoms with van der Waals surface area (Å²) in [6.45, 7) is 4.50. The van der Waals surface area contributed by atoms with Crippen LogP contribution < -0.4 is 5.73 Å². The molecule has 2 N–H and O–H groups in total. The van der Waals surface area contributed by atoms with Crippen molar-refractivity contribution in [3.63, 3.8) is 0 Å². The number of nitrogens with two attached hydrogens (primary N) is 1. The second-order valence-electron chi connectivity index (χ2n) is 4.41. The van der Waals surface area contributed by atoms with Crippen molar-refractivity contribution in [3.05, 3.63) is 5.51 Å². The minimum absolute atomic E-state index is 0.274. The molecule has 0 aliphatic heterocycles. The van der Waals surface area contributed by atoms with E-state index in [2.05, 4.69) is 24.0 Å². The lowest BCUT2D eigenvalue weighted by Gasteiger charge is -2.25. The van der Waals surface area contributed by atoms with Crippen LogP contribution >= 0.6 is 23.1 Å². The number of aromatic nitrogens is 2. The summed E-state index contributed by atoms with van der Waals surface area (Å²) < 4.78 is 1.04.